The van der Waals surface area contributed by atoms with Crippen LogP contribution in [0, 0.1) is 6.92 Å². The van der Waals surface area contributed by atoms with Gasteiger partial charge in [-0.05, 0) is 20.3 Å². The number of aromatic amines is 2. The van der Waals surface area contributed by atoms with E-state index < -0.39 is 0 Å². The van der Waals surface area contributed by atoms with E-state index in [2.05, 4.69) is 32.4 Å². The van der Waals surface area contributed by atoms with Crippen LogP contribution in [0.15, 0.2) is 23.8 Å². The number of ether oxygens (including phenoxy) is 1. The average Bonchev–Trinajstić information content (AvgIpc) is 3.15. The lowest BCUT2D eigenvalue weighted by molar-refractivity contribution is -0.138. The van der Waals surface area contributed by atoms with E-state index in [-0.39, 0.29) is 11.9 Å². The van der Waals surface area contributed by atoms with Gasteiger partial charge in [0.2, 0.25) is 0 Å². The van der Waals surface area contributed by atoms with Crippen molar-refractivity contribution in [3.05, 3.63) is 40.7 Å². The molecule has 1 atom stereocenters. The maximum Gasteiger partial charge on any atom is 0.336 e. The first-order valence-corrected chi connectivity index (χ1v) is 7.87. The summed E-state index contributed by atoms with van der Waals surface area (Å²) >= 11 is 0. The third-order valence-electron chi connectivity index (χ3n) is 4.01. The Bertz CT molecular complexity index is 743. The number of imidazole rings is 1. The van der Waals surface area contributed by atoms with E-state index in [4.69, 9.17) is 4.74 Å². The second-order valence-electron chi connectivity index (χ2n) is 5.53. The van der Waals surface area contributed by atoms with Crippen molar-refractivity contribution in [3.63, 3.8) is 0 Å². The molecule has 0 bridgehead atoms. The molecule has 0 spiro atoms. The number of nitrogens with zero attached hydrogens (tertiary/aromatic N) is 2. The van der Waals surface area contributed by atoms with Gasteiger partial charge in [0, 0.05) is 17.0 Å². The number of aromatic nitrogens is 4. The van der Waals surface area contributed by atoms with Crippen LogP contribution < -0.4 is 5.32 Å². The Morgan fingerprint density at radius 1 is 1.39 bits per heavy atom. The number of hydrogen-bond donors (Lipinski definition) is 3. The van der Waals surface area contributed by atoms with Gasteiger partial charge >= 0.3 is 5.97 Å². The Hall–Kier alpha value is -2.57. The molecule has 0 saturated heterocycles. The monoisotopic (exact) mass is 315 g/mol. The van der Waals surface area contributed by atoms with Crippen LogP contribution >= 0.6 is 0 Å². The van der Waals surface area contributed by atoms with E-state index in [1.54, 1.807) is 12.5 Å². The number of rotatable bonds is 5. The third kappa shape index (κ3) is 2.62. The van der Waals surface area contributed by atoms with E-state index >= 15 is 0 Å². The summed E-state index contributed by atoms with van der Waals surface area (Å²) in [7, 11) is 0. The summed E-state index contributed by atoms with van der Waals surface area (Å²) in [5, 5.41) is 10.4. The van der Waals surface area contributed by atoms with Crippen LogP contribution in [0.25, 0.3) is 0 Å². The maximum atomic E-state index is 12.6. The smallest absolute Gasteiger partial charge is 0.336 e. The fourth-order valence-electron chi connectivity index (χ4n) is 3.00. The van der Waals surface area contributed by atoms with Gasteiger partial charge in [-0.25, -0.2) is 9.78 Å². The fourth-order valence-corrected chi connectivity index (χ4v) is 3.00. The van der Waals surface area contributed by atoms with E-state index in [0.29, 0.717) is 12.2 Å². The van der Waals surface area contributed by atoms with Crippen LogP contribution in [0.1, 0.15) is 49.6 Å². The molecule has 2 aromatic heterocycles. The van der Waals surface area contributed by atoms with Crippen molar-refractivity contribution in [3.8, 4) is 0 Å². The van der Waals surface area contributed by atoms with Crippen LogP contribution in [-0.4, -0.2) is 32.7 Å². The highest BCUT2D eigenvalue weighted by molar-refractivity contribution is 5.94. The number of esters is 1. The molecule has 122 valence electrons. The molecule has 7 heteroatoms. The highest BCUT2D eigenvalue weighted by Gasteiger charge is 2.37. The number of carbonyl (C=O) groups excluding carboxylic acids is 1. The van der Waals surface area contributed by atoms with Crippen LogP contribution in [0.5, 0.6) is 0 Å². The summed E-state index contributed by atoms with van der Waals surface area (Å²) in [5.41, 5.74) is 4.16. The lowest BCUT2D eigenvalue weighted by Gasteiger charge is -2.27. The SMILES string of the molecule is CCCC1=C(C(=O)OCC)C(c2nc[nH]c2C)c2cn[nH]c2N1. The van der Waals surface area contributed by atoms with Crippen molar-refractivity contribution in [2.75, 3.05) is 11.9 Å². The van der Waals surface area contributed by atoms with E-state index in [1.165, 1.54) is 0 Å². The zero-order valence-electron chi connectivity index (χ0n) is 13.6. The van der Waals surface area contributed by atoms with Gasteiger partial charge in [-0.3, -0.25) is 5.10 Å². The van der Waals surface area contributed by atoms with Crippen LogP contribution in [0.3, 0.4) is 0 Å². The first-order valence-electron chi connectivity index (χ1n) is 7.87. The van der Waals surface area contributed by atoms with Crippen molar-refractivity contribution in [2.45, 2.75) is 39.5 Å². The predicted molar refractivity (Wildman–Crippen MR) is 85.9 cm³/mol. The van der Waals surface area contributed by atoms with E-state index in [1.807, 2.05) is 13.8 Å². The molecule has 0 fully saturated rings. The molecule has 3 rings (SSSR count). The van der Waals surface area contributed by atoms with Gasteiger partial charge in [0.05, 0.1) is 36.3 Å². The number of nitrogens with one attached hydrogen (secondary N) is 3. The molecule has 0 saturated carbocycles. The van der Waals surface area contributed by atoms with E-state index in [9.17, 15) is 4.79 Å². The zero-order valence-corrected chi connectivity index (χ0v) is 13.6. The number of fused-ring (bicyclic) bond motifs is 1. The molecule has 1 aliphatic heterocycles. The minimum absolute atomic E-state index is 0.281. The van der Waals surface area contributed by atoms with Crippen molar-refractivity contribution in [1.82, 2.24) is 20.2 Å². The second-order valence-corrected chi connectivity index (χ2v) is 5.53. The molecule has 1 aliphatic rings. The number of aryl methyl sites for hydroxylation is 1. The lowest BCUT2D eigenvalue weighted by Crippen LogP contribution is -2.25. The van der Waals surface area contributed by atoms with Crippen LogP contribution in [0.2, 0.25) is 0 Å². The maximum absolute atomic E-state index is 12.6. The Kier molecular flexibility index (Phi) is 4.18. The molecule has 23 heavy (non-hydrogen) atoms. The van der Waals surface area contributed by atoms with Gasteiger partial charge < -0.3 is 15.0 Å². The molecule has 3 N–H and O–H groups in total. The average molecular weight is 315 g/mol. The molecule has 0 amide bonds. The number of carbonyl (C=O) groups is 1. The molecule has 2 aromatic rings. The van der Waals surface area contributed by atoms with Crippen molar-refractivity contribution in [1.29, 1.82) is 0 Å². The van der Waals surface area contributed by atoms with Gasteiger partial charge in [0.25, 0.3) is 0 Å². The molecule has 7 nitrogen and oxygen atoms in total. The lowest BCUT2D eigenvalue weighted by atomic mass is 9.84. The van der Waals surface area contributed by atoms with Gasteiger partial charge in [-0.2, -0.15) is 5.10 Å². The summed E-state index contributed by atoms with van der Waals surface area (Å²) in [6, 6.07) is 0. The first kappa shape index (κ1) is 15.3. The van der Waals surface area contributed by atoms with Gasteiger partial charge in [-0.15, -0.1) is 0 Å². The normalized spacial score (nSPS) is 16.9. The number of anilines is 1. The van der Waals surface area contributed by atoms with Gasteiger partial charge in [0.1, 0.15) is 5.82 Å². The number of H-pyrrole nitrogens is 2. The zero-order chi connectivity index (χ0) is 16.4. The molecule has 0 radical (unpaired) electrons. The minimum atomic E-state index is -0.303. The van der Waals surface area contributed by atoms with E-state index in [0.717, 1.165) is 41.3 Å². The Morgan fingerprint density at radius 2 is 2.22 bits per heavy atom. The highest BCUT2D eigenvalue weighted by Crippen LogP contribution is 2.42. The molecule has 0 aliphatic carbocycles. The standard InChI is InChI=1S/C16H21N5O2/c1-4-6-11-13(16(22)23-5-2)12(14-9(3)17-8-18-14)10-7-19-21-15(10)20-11/h7-8,12H,4-6H2,1-3H3,(H,17,18)(H2,19,20,21). The largest absolute Gasteiger partial charge is 0.463 e. The Labute approximate surface area is 134 Å². The highest BCUT2D eigenvalue weighted by atomic mass is 16.5. The Balaban J connectivity index is 2.17. The topological polar surface area (TPSA) is 95.7 Å². The first-order chi connectivity index (χ1) is 11.2. The quantitative estimate of drug-likeness (QED) is 0.737. The predicted octanol–water partition coefficient (Wildman–Crippen LogP) is 2.62. The van der Waals surface area contributed by atoms with Crippen molar-refractivity contribution >= 4 is 11.8 Å². The molecule has 3 heterocycles. The number of allylic oxidation sites excluding steroid dienone is 1. The van der Waals surface area contributed by atoms with Crippen molar-refractivity contribution < 1.29 is 9.53 Å². The van der Waals surface area contributed by atoms with Crippen molar-refractivity contribution in [2.24, 2.45) is 0 Å². The number of hydrogen-bond acceptors (Lipinski definition) is 5. The third-order valence-corrected chi connectivity index (χ3v) is 4.01. The summed E-state index contributed by atoms with van der Waals surface area (Å²) in [6.07, 6.45) is 5.06. The van der Waals surface area contributed by atoms with Gasteiger partial charge in [0.15, 0.2) is 0 Å². The molecular formula is C16H21N5O2. The molecule has 0 aromatic carbocycles. The molecular weight excluding hydrogens is 294 g/mol. The minimum Gasteiger partial charge on any atom is -0.463 e. The summed E-state index contributed by atoms with van der Waals surface area (Å²) < 4.78 is 5.31. The van der Waals surface area contributed by atoms with Crippen LogP contribution in [0.4, 0.5) is 5.82 Å². The fraction of sp³-hybridized carbons (Fsp3) is 0.438. The molecule has 1 unspecified atom stereocenters. The van der Waals surface area contributed by atoms with Gasteiger partial charge in [-0.1, -0.05) is 13.3 Å². The van der Waals surface area contributed by atoms with Crippen LogP contribution in [-0.2, 0) is 9.53 Å². The Morgan fingerprint density at radius 3 is 2.87 bits per heavy atom. The summed E-state index contributed by atoms with van der Waals surface area (Å²) in [5.74, 6) is 0.230. The summed E-state index contributed by atoms with van der Waals surface area (Å²) in [6.45, 7) is 6.18. The summed E-state index contributed by atoms with van der Waals surface area (Å²) in [4.78, 5) is 20.2. The second kappa shape index (κ2) is 6.28.